The highest BCUT2D eigenvalue weighted by Crippen LogP contribution is 2.34. The third-order valence-electron chi connectivity index (χ3n) is 3.54. The van der Waals surface area contributed by atoms with Gasteiger partial charge in [-0.3, -0.25) is 0 Å². The van der Waals surface area contributed by atoms with Crippen LogP contribution in [-0.2, 0) is 11.8 Å². The van der Waals surface area contributed by atoms with Crippen LogP contribution in [0.25, 0.3) is 0 Å². The van der Waals surface area contributed by atoms with Crippen LogP contribution in [0.5, 0.6) is 5.75 Å². The molecule has 0 radical (unpaired) electrons. The van der Waals surface area contributed by atoms with Crippen LogP contribution in [0.3, 0.4) is 0 Å². The van der Waals surface area contributed by atoms with Gasteiger partial charge in [0.1, 0.15) is 11.4 Å². The second-order valence-corrected chi connectivity index (χ2v) is 6.79. The Hall–Kier alpha value is -0.980. The number of rotatable bonds is 0. The summed E-state index contributed by atoms with van der Waals surface area (Å²) < 4.78 is 6.11. The van der Waals surface area contributed by atoms with Crippen LogP contribution in [-0.4, -0.2) is 5.60 Å². The molecule has 1 heterocycles. The Bertz CT molecular complexity index is 410. The van der Waals surface area contributed by atoms with Crippen LogP contribution >= 0.6 is 0 Å². The minimum absolute atomic E-state index is 0.0193. The predicted octanol–water partition coefficient (Wildman–Crippen LogP) is 4.48. The van der Waals surface area contributed by atoms with Gasteiger partial charge in [-0.1, -0.05) is 32.9 Å². The normalized spacial score (nSPS) is 19.1. The maximum atomic E-state index is 6.11. The zero-order chi connectivity index (χ0) is 12.7. The van der Waals surface area contributed by atoms with E-state index < -0.39 is 0 Å². The van der Waals surface area contributed by atoms with Crippen molar-refractivity contribution < 1.29 is 4.74 Å². The second-order valence-electron chi connectivity index (χ2n) is 6.79. The second kappa shape index (κ2) is 4.04. The predicted molar refractivity (Wildman–Crippen MR) is 72.8 cm³/mol. The zero-order valence-corrected chi connectivity index (χ0v) is 11.8. The minimum atomic E-state index is -0.0193. The van der Waals surface area contributed by atoms with Gasteiger partial charge in [-0.25, -0.2) is 0 Å². The fraction of sp³-hybridized carbons (Fsp3) is 0.625. The van der Waals surface area contributed by atoms with Gasteiger partial charge in [0.25, 0.3) is 0 Å². The van der Waals surface area contributed by atoms with Crippen molar-refractivity contribution in [2.24, 2.45) is 0 Å². The molecular formula is C16H24O. The molecule has 1 aromatic carbocycles. The molecule has 1 aliphatic heterocycles. The summed E-state index contributed by atoms with van der Waals surface area (Å²) in [4.78, 5) is 0. The molecule has 94 valence electrons. The van der Waals surface area contributed by atoms with E-state index in [2.05, 4.69) is 52.8 Å². The van der Waals surface area contributed by atoms with Crippen molar-refractivity contribution in [1.82, 2.24) is 0 Å². The standard InChI is InChI=1S/C16H24O/c1-15(2,3)13-8-9-14-12(11-13)7-6-10-16(4,5)17-14/h8-9,11H,6-7,10H2,1-5H3. The highest BCUT2D eigenvalue weighted by atomic mass is 16.5. The van der Waals surface area contributed by atoms with Crippen molar-refractivity contribution in [3.8, 4) is 5.75 Å². The van der Waals surface area contributed by atoms with Crippen molar-refractivity contribution in [3.05, 3.63) is 29.3 Å². The molecule has 0 saturated carbocycles. The molecule has 0 N–H and O–H groups in total. The van der Waals surface area contributed by atoms with Gasteiger partial charge in [-0.05, 0) is 55.7 Å². The summed E-state index contributed by atoms with van der Waals surface area (Å²) in [7, 11) is 0. The Balaban J connectivity index is 2.38. The van der Waals surface area contributed by atoms with E-state index in [4.69, 9.17) is 4.74 Å². The lowest BCUT2D eigenvalue weighted by Crippen LogP contribution is -2.26. The van der Waals surface area contributed by atoms with E-state index in [0.29, 0.717) is 0 Å². The third-order valence-corrected chi connectivity index (χ3v) is 3.54. The molecule has 17 heavy (non-hydrogen) atoms. The lowest BCUT2D eigenvalue weighted by Gasteiger charge is -2.25. The van der Waals surface area contributed by atoms with E-state index in [1.54, 1.807) is 0 Å². The Morgan fingerprint density at radius 1 is 1.18 bits per heavy atom. The molecule has 0 spiro atoms. The molecule has 0 bridgehead atoms. The Kier molecular flexibility index (Phi) is 2.97. The fourth-order valence-corrected chi connectivity index (χ4v) is 2.39. The molecule has 0 saturated heterocycles. The largest absolute Gasteiger partial charge is 0.488 e. The van der Waals surface area contributed by atoms with Crippen molar-refractivity contribution in [2.75, 3.05) is 0 Å². The van der Waals surface area contributed by atoms with E-state index in [1.165, 1.54) is 17.5 Å². The first kappa shape index (κ1) is 12.5. The fourth-order valence-electron chi connectivity index (χ4n) is 2.39. The molecule has 0 aromatic heterocycles. The maximum Gasteiger partial charge on any atom is 0.123 e. The summed E-state index contributed by atoms with van der Waals surface area (Å²) in [6.07, 6.45) is 3.49. The first-order chi connectivity index (χ1) is 7.78. The van der Waals surface area contributed by atoms with Crippen molar-refractivity contribution in [3.63, 3.8) is 0 Å². The lowest BCUT2D eigenvalue weighted by atomic mass is 9.85. The van der Waals surface area contributed by atoms with E-state index in [0.717, 1.165) is 18.6 Å². The quantitative estimate of drug-likeness (QED) is 0.641. The van der Waals surface area contributed by atoms with Gasteiger partial charge < -0.3 is 4.74 Å². The average Bonchev–Trinajstić information content (AvgIpc) is 2.32. The van der Waals surface area contributed by atoms with Crippen LogP contribution in [0.1, 0.15) is 58.6 Å². The number of aryl methyl sites for hydroxylation is 1. The highest BCUT2D eigenvalue weighted by Gasteiger charge is 2.25. The SMILES string of the molecule is CC1(C)CCCc2cc(C(C)(C)C)ccc2O1. The van der Waals surface area contributed by atoms with Crippen LogP contribution in [0, 0.1) is 0 Å². The van der Waals surface area contributed by atoms with Crippen molar-refractivity contribution >= 4 is 0 Å². The molecule has 0 amide bonds. The van der Waals surface area contributed by atoms with E-state index in [9.17, 15) is 0 Å². The summed E-state index contributed by atoms with van der Waals surface area (Å²) >= 11 is 0. The van der Waals surface area contributed by atoms with Gasteiger partial charge in [-0.15, -0.1) is 0 Å². The van der Waals surface area contributed by atoms with Gasteiger partial charge >= 0.3 is 0 Å². The monoisotopic (exact) mass is 232 g/mol. The number of ether oxygens (including phenoxy) is 1. The molecule has 1 heteroatoms. The Labute approximate surface area is 105 Å². The number of hydrogen-bond acceptors (Lipinski definition) is 1. The van der Waals surface area contributed by atoms with Crippen molar-refractivity contribution in [2.45, 2.75) is 64.9 Å². The highest BCUT2D eigenvalue weighted by molar-refractivity contribution is 5.40. The number of hydrogen-bond donors (Lipinski definition) is 0. The molecule has 0 fully saturated rings. The number of fused-ring (bicyclic) bond motifs is 1. The van der Waals surface area contributed by atoms with Gasteiger partial charge in [0.15, 0.2) is 0 Å². The Morgan fingerprint density at radius 3 is 2.53 bits per heavy atom. The first-order valence-corrected chi connectivity index (χ1v) is 6.60. The first-order valence-electron chi connectivity index (χ1n) is 6.60. The van der Waals surface area contributed by atoms with E-state index in [-0.39, 0.29) is 11.0 Å². The van der Waals surface area contributed by atoms with Gasteiger partial charge in [-0.2, -0.15) is 0 Å². The lowest BCUT2D eigenvalue weighted by molar-refractivity contribution is 0.103. The van der Waals surface area contributed by atoms with Gasteiger partial charge in [0, 0.05) is 0 Å². The summed E-state index contributed by atoms with van der Waals surface area (Å²) in [6.45, 7) is 11.1. The molecule has 1 aromatic rings. The van der Waals surface area contributed by atoms with Crippen LogP contribution in [0.15, 0.2) is 18.2 Å². The van der Waals surface area contributed by atoms with Gasteiger partial charge in [0.05, 0.1) is 0 Å². The maximum absolute atomic E-state index is 6.11. The molecule has 0 atom stereocenters. The van der Waals surface area contributed by atoms with E-state index >= 15 is 0 Å². The van der Waals surface area contributed by atoms with Gasteiger partial charge in [0.2, 0.25) is 0 Å². The summed E-state index contributed by atoms with van der Waals surface area (Å²) in [5.74, 6) is 1.08. The topological polar surface area (TPSA) is 9.23 Å². The summed E-state index contributed by atoms with van der Waals surface area (Å²) in [5, 5.41) is 0. The van der Waals surface area contributed by atoms with Crippen molar-refractivity contribution in [1.29, 1.82) is 0 Å². The van der Waals surface area contributed by atoms with Crippen LogP contribution in [0.2, 0.25) is 0 Å². The number of benzene rings is 1. The van der Waals surface area contributed by atoms with Crippen LogP contribution in [0.4, 0.5) is 0 Å². The smallest absolute Gasteiger partial charge is 0.123 e. The molecular weight excluding hydrogens is 208 g/mol. The van der Waals surface area contributed by atoms with Crippen LogP contribution < -0.4 is 4.74 Å². The van der Waals surface area contributed by atoms with E-state index in [1.807, 2.05) is 0 Å². The molecule has 1 nitrogen and oxygen atoms in total. The average molecular weight is 232 g/mol. The third kappa shape index (κ3) is 2.83. The molecule has 2 rings (SSSR count). The molecule has 0 aliphatic carbocycles. The zero-order valence-electron chi connectivity index (χ0n) is 11.8. The Morgan fingerprint density at radius 2 is 1.88 bits per heavy atom. The summed E-state index contributed by atoms with van der Waals surface area (Å²) in [5.41, 5.74) is 2.98. The minimum Gasteiger partial charge on any atom is -0.488 e. The summed E-state index contributed by atoms with van der Waals surface area (Å²) in [6, 6.07) is 6.69. The molecule has 0 unspecified atom stereocenters. The molecule has 1 aliphatic rings.